The Morgan fingerprint density at radius 3 is 2.42 bits per heavy atom. The van der Waals surface area contributed by atoms with Crippen LogP contribution < -0.4 is 10.6 Å². The van der Waals surface area contributed by atoms with E-state index < -0.39 is 0 Å². The molecule has 1 saturated heterocycles. The van der Waals surface area contributed by atoms with Crippen molar-refractivity contribution in [3.8, 4) is 0 Å². The molecular formula is C20H39IN4O. The van der Waals surface area contributed by atoms with E-state index in [4.69, 9.17) is 9.73 Å². The molecule has 3 fully saturated rings. The van der Waals surface area contributed by atoms with Crippen LogP contribution in [-0.4, -0.2) is 62.8 Å². The maximum absolute atomic E-state index is 5.95. The molecule has 2 aliphatic carbocycles. The summed E-state index contributed by atoms with van der Waals surface area (Å²) in [6.45, 7) is 13.6. The third-order valence-electron chi connectivity index (χ3n) is 5.60. The highest BCUT2D eigenvalue weighted by atomic mass is 127. The Kier molecular flexibility index (Phi) is 9.44. The fourth-order valence-corrected chi connectivity index (χ4v) is 4.07. The van der Waals surface area contributed by atoms with E-state index in [0.717, 1.165) is 63.0 Å². The third-order valence-corrected chi connectivity index (χ3v) is 5.60. The van der Waals surface area contributed by atoms with Gasteiger partial charge in [-0.05, 0) is 56.3 Å². The minimum Gasteiger partial charge on any atom is -0.374 e. The molecule has 0 aromatic rings. The van der Waals surface area contributed by atoms with Crippen LogP contribution >= 0.6 is 24.0 Å². The van der Waals surface area contributed by atoms with E-state index in [1.165, 1.54) is 32.2 Å². The van der Waals surface area contributed by atoms with Crippen LogP contribution in [0.15, 0.2) is 4.99 Å². The lowest BCUT2D eigenvalue weighted by atomic mass is 9.98. The van der Waals surface area contributed by atoms with Crippen LogP contribution in [0.2, 0.25) is 0 Å². The molecule has 3 aliphatic rings. The lowest BCUT2D eigenvalue weighted by molar-refractivity contribution is -0.0284. The molecule has 26 heavy (non-hydrogen) atoms. The number of hydrogen-bond donors (Lipinski definition) is 2. The van der Waals surface area contributed by atoms with E-state index in [1.807, 2.05) is 0 Å². The van der Waals surface area contributed by atoms with Gasteiger partial charge in [-0.2, -0.15) is 0 Å². The van der Waals surface area contributed by atoms with Gasteiger partial charge in [0.1, 0.15) is 0 Å². The van der Waals surface area contributed by atoms with Gasteiger partial charge in [0.2, 0.25) is 0 Å². The van der Waals surface area contributed by atoms with Crippen LogP contribution in [-0.2, 0) is 4.74 Å². The zero-order valence-corrected chi connectivity index (χ0v) is 19.2. The lowest BCUT2D eigenvalue weighted by Crippen LogP contribution is -2.50. The number of halogens is 1. The number of nitrogens with zero attached hydrogens (tertiary/aromatic N) is 2. The van der Waals surface area contributed by atoms with Crippen molar-refractivity contribution in [1.82, 2.24) is 15.5 Å². The number of morpholine rings is 1. The molecule has 152 valence electrons. The monoisotopic (exact) mass is 478 g/mol. The number of guanidine groups is 1. The largest absolute Gasteiger partial charge is 0.374 e. The molecule has 0 radical (unpaired) electrons. The molecule has 0 aromatic carbocycles. The molecular weight excluding hydrogens is 439 g/mol. The topological polar surface area (TPSA) is 48.9 Å². The standard InChI is InChI=1S/C20H38N4O.HI/c1-4-21-20(23-12-19(16-5-6-16)17-7-8-17)22-11-18-14-24(9-10-25-18)13-15(2)3;/h15-19H,4-14H2,1-3H3,(H2,21,22,23);1H. The number of nitrogens with one attached hydrogen (secondary N) is 2. The fraction of sp³-hybridized carbons (Fsp3) is 0.950. The van der Waals surface area contributed by atoms with Gasteiger partial charge in [0.05, 0.1) is 12.7 Å². The predicted molar refractivity (Wildman–Crippen MR) is 119 cm³/mol. The first-order valence-corrected chi connectivity index (χ1v) is 10.5. The van der Waals surface area contributed by atoms with Crippen molar-refractivity contribution < 1.29 is 4.74 Å². The summed E-state index contributed by atoms with van der Waals surface area (Å²) < 4.78 is 5.95. The van der Waals surface area contributed by atoms with Crippen LogP contribution in [0, 0.1) is 23.7 Å². The summed E-state index contributed by atoms with van der Waals surface area (Å²) in [7, 11) is 0. The average Bonchev–Trinajstić information content (AvgIpc) is 3.46. The maximum atomic E-state index is 5.95. The van der Waals surface area contributed by atoms with Gasteiger partial charge in [-0.25, -0.2) is 0 Å². The number of ether oxygens (including phenoxy) is 1. The molecule has 2 N–H and O–H groups in total. The van der Waals surface area contributed by atoms with Gasteiger partial charge < -0.3 is 15.4 Å². The Labute approximate surface area is 177 Å². The number of hydrogen-bond acceptors (Lipinski definition) is 3. The molecule has 1 atom stereocenters. The molecule has 0 spiro atoms. The number of aliphatic imine (C=N–C) groups is 1. The van der Waals surface area contributed by atoms with Gasteiger partial charge in [0.25, 0.3) is 0 Å². The smallest absolute Gasteiger partial charge is 0.191 e. The molecule has 1 heterocycles. The molecule has 5 nitrogen and oxygen atoms in total. The summed E-state index contributed by atoms with van der Waals surface area (Å²) in [4.78, 5) is 7.44. The van der Waals surface area contributed by atoms with Crippen LogP contribution in [0.5, 0.6) is 0 Å². The summed E-state index contributed by atoms with van der Waals surface area (Å²) in [5, 5.41) is 6.93. The van der Waals surface area contributed by atoms with E-state index in [1.54, 1.807) is 0 Å². The molecule has 3 rings (SSSR count). The van der Waals surface area contributed by atoms with Crippen LogP contribution in [0.4, 0.5) is 0 Å². The van der Waals surface area contributed by atoms with E-state index in [9.17, 15) is 0 Å². The van der Waals surface area contributed by atoms with Crippen molar-refractivity contribution in [2.45, 2.75) is 52.6 Å². The second-order valence-corrected chi connectivity index (χ2v) is 8.59. The Hall–Kier alpha value is -0.0800. The summed E-state index contributed by atoms with van der Waals surface area (Å²) in [6.07, 6.45) is 5.99. The van der Waals surface area contributed by atoms with Gasteiger partial charge in [-0.3, -0.25) is 9.89 Å². The first kappa shape index (κ1) is 22.2. The van der Waals surface area contributed by atoms with Gasteiger partial charge >= 0.3 is 0 Å². The van der Waals surface area contributed by atoms with Crippen molar-refractivity contribution >= 4 is 29.9 Å². The molecule has 0 aromatic heterocycles. The van der Waals surface area contributed by atoms with E-state index in [2.05, 4.69) is 36.3 Å². The summed E-state index contributed by atoms with van der Waals surface area (Å²) in [6, 6.07) is 0. The second kappa shape index (κ2) is 11.1. The quantitative estimate of drug-likeness (QED) is 0.304. The van der Waals surface area contributed by atoms with Gasteiger partial charge in [0.15, 0.2) is 5.96 Å². The van der Waals surface area contributed by atoms with Crippen molar-refractivity contribution in [3.63, 3.8) is 0 Å². The minimum absolute atomic E-state index is 0. The fourth-order valence-electron chi connectivity index (χ4n) is 4.07. The zero-order valence-electron chi connectivity index (χ0n) is 16.9. The zero-order chi connectivity index (χ0) is 17.6. The van der Waals surface area contributed by atoms with Gasteiger partial charge in [0, 0.05) is 39.3 Å². The second-order valence-electron chi connectivity index (χ2n) is 8.59. The van der Waals surface area contributed by atoms with Crippen molar-refractivity contribution in [2.75, 3.05) is 45.9 Å². The minimum atomic E-state index is 0. The summed E-state index contributed by atoms with van der Waals surface area (Å²) >= 11 is 0. The Balaban J connectivity index is 0.00000243. The van der Waals surface area contributed by atoms with Crippen molar-refractivity contribution in [1.29, 1.82) is 0 Å². The SMILES string of the molecule is CCNC(=NCC(C1CC1)C1CC1)NCC1CN(CC(C)C)CCO1.I. The van der Waals surface area contributed by atoms with Gasteiger partial charge in [-0.15, -0.1) is 24.0 Å². The maximum Gasteiger partial charge on any atom is 0.191 e. The van der Waals surface area contributed by atoms with E-state index >= 15 is 0 Å². The molecule has 0 amide bonds. The van der Waals surface area contributed by atoms with Crippen molar-refractivity contribution in [3.05, 3.63) is 0 Å². The van der Waals surface area contributed by atoms with Gasteiger partial charge in [-0.1, -0.05) is 13.8 Å². The van der Waals surface area contributed by atoms with Crippen LogP contribution in [0.3, 0.4) is 0 Å². The first-order valence-electron chi connectivity index (χ1n) is 10.5. The highest BCUT2D eigenvalue weighted by Gasteiger charge is 2.41. The Bertz CT molecular complexity index is 426. The highest BCUT2D eigenvalue weighted by molar-refractivity contribution is 14.0. The Morgan fingerprint density at radius 2 is 1.85 bits per heavy atom. The van der Waals surface area contributed by atoms with E-state index in [0.29, 0.717) is 5.92 Å². The Morgan fingerprint density at radius 1 is 1.15 bits per heavy atom. The van der Waals surface area contributed by atoms with E-state index in [-0.39, 0.29) is 30.1 Å². The summed E-state index contributed by atoms with van der Waals surface area (Å²) in [5.41, 5.74) is 0. The average molecular weight is 478 g/mol. The summed E-state index contributed by atoms with van der Waals surface area (Å²) in [5.74, 6) is 4.45. The molecule has 1 aliphatic heterocycles. The first-order chi connectivity index (χ1) is 12.2. The molecule has 6 heteroatoms. The van der Waals surface area contributed by atoms with Crippen LogP contribution in [0.25, 0.3) is 0 Å². The molecule has 2 saturated carbocycles. The lowest BCUT2D eigenvalue weighted by Gasteiger charge is -2.34. The molecule has 1 unspecified atom stereocenters. The van der Waals surface area contributed by atoms with Crippen LogP contribution in [0.1, 0.15) is 46.5 Å². The third kappa shape index (κ3) is 7.50. The number of rotatable bonds is 9. The van der Waals surface area contributed by atoms with Crippen molar-refractivity contribution in [2.24, 2.45) is 28.7 Å². The predicted octanol–water partition coefficient (Wildman–Crippen LogP) is 2.95. The molecule has 0 bridgehead atoms. The highest BCUT2D eigenvalue weighted by Crippen LogP contribution is 2.49. The normalized spacial score (nSPS) is 24.7.